The quantitative estimate of drug-likeness (QED) is 0.133. The summed E-state index contributed by atoms with van der Waals surface area (Å²) >= 11 is 0. The highest BCUT2D eigenvalue weighted by Crippen LogP contribution is 2.16. The summed E-state index contributed by atoms with van der Waals surface area (Å²) in [6, 6.07) is 9.25. The molecule has 4 heteroatoms. The molecule has 0 saturated heterocycles. The molecule has 0 amide bonds. The highest BCUT2D eigenvalue weighted by atomic mass is 16.5. The fraction of sp³-hybridized carbons (Fsp3) is 0.571. The average molecular weight is 443 g/mol. The summed E-state index contributed by atoms with van der Waals surface area (Å²) in [6.07, 6.45) is 21.7. The Balaban J connectivity index is 2.34. The number of carbonyl (C=O) groups is 2. The smallest absolute Gasteiger partial charge is 0.338 e. The number of hydrogen-bond acceptors (Lipinski definition) is 4. The van der Waals surface area contributed by atoms with Gasteiger partial charge in [0.25, 0.3) is 0 Å². The Morgan fingerprint density at radius 2 is 1.53 bits per heavy atom. The number of carbonyl (C=O) groups excluding carboxylic acids is 2. The summed E-state index contributed by atoms with van der Waals surface area (Å²) in [6.45, 7) is 2.23. The van der Waals surface area contributed by atoms with Gasteiger partial charge in [-0.05, 0) is 57.1 Å². The van der Waals surface area contributed by atoms with Crippen LogP contribution in [0, 0.1) is 0 Å². The molecule has 178 valence electrons. The van der Waals surface area contributed by atoms with Crippen LogP contribution >= 0.6 is 0 Å². The maximum Gasteiger partial charge on any atom is 0.338 e. The number of benzene rings is 1. The standard InChI is InChI=1S/C28H42O4/c1-3-4-5-6-11-17-22-26(32-28(30)25-20-15-14-16-21-25)23-18-12-9-7-8-10-13-19-24-27(29)31-2/h8-10,12,14-16,20-21,26H,3-7,11,13,17-19,22-24H2,1-2H3/b10-8-,12-9-/t26-/m0/s1. The molecule has 0 unspecified atom stereocenters. The fourth-order valence-corrected chi connectivity index (χ4v) is 3.46. The first-order valence-corrected chi connectivity index (χ1v) is 12.3. The summed E-state index contributed by atoms with van der Waals surface area (Å²) in [5.41, 5.74) is 0.619. The maximum atomic E-state index is 12.5. The Morgan fingerprint density at radius 1 is 0.844 bits per heavy atom. The van der Waals surface area contributed by atoms with E-state index < -0.39 is 0 Å². The van der Waals surface area contributed by atoms with Crippen LogP contribution in [-0.2, 0) is 14.3 Å². The zero-order valence-electron chi connectivity index (χ0n) is 20.1. The van der Waals surface area contributed by atoms with Crippen LogP contribution in [0.4, 0.5) is 0 Å². The predicted octanol–water partition coefficient (Wildman–Crippen LogP) is 7.59. The van der Waals surface area contributed by atoms with Gasteiger partial charge in [-0.15, -0.1) is 0 Å². The van der Waals surface area contributed by atoms with E-state index in [0.29, 0.717) is 12.0 Å². The molecule has 1 aromatic rings. The van der Waals surface area contributed by atoms with Crippen molar-refractivity contribution >= 4 is 11.9 Å². The molecule has 32 heavy (non-hydrogen) atoms. The van der Waals surface area contributed by atoms with Gasteiger partial charge in [-0.25, -0.2) is 4.79 Å². The summed E-state index contributed by atoms with van der Waals surface area (Å²) in [7, 11) is 1.42. The lowest BCUT2D eigenvalue weighted by Gasteiger charge is -2.17. The molecule has 1 aromatic carbocycles. The summed E-state index contributed by atoms with van der Waals surface area (Å²) in [5, 5.41) is 0. The first-order chi connectivity index (χ1) is 15.7. The third-order valence-electron chi connectivity index (χ3n) is 5.40. The molecule has 4 nitrogen and oxygen atoms in total. The number of methoxy groups -OCH3 is 1. The van der Waals surface area contributed by atoms with E-state index in [1.807, 2.05) is 30.3 Å². The summed E-state index contributed by atoms with van der Waals surface area (Å²) < 4.78 is 10.5. The van der Waals surface area contributed by atoms with Crippen LogP contribution in [0.25, 0.3) is 0 Å². The molecule has 1 rings (SSSR count). The zero-order valence-corrected chi connectivity index (χ0v) is 20.1. The van der Waals surface area contributed by atoms with E-state index >= 15 is 0 Å². The van der Waals surface area contributed by atoms with Crippen molar-refractivity contribution < 1.29 is 19.1 Å². The Labute approximate surface area is 195 Å². The first kappa shape index (κ1) is 27.7. The van der Waals surface area contributed by atoms with Crippen LogP contribution in [0.15, 0.2) is 54.6 Å². The van der Waals surface area contributed by atoms with Gasteiger partial charge in [-0.3, -0.25) is 4.79 Å². The Kier molecular flexibility index (Phi) is 16.7. The number of allylic oxidation sites excluding steroid dienone is 4. The fourth-order valence-electron chi connectivity index (χ4n) is 3.46. The SMILES string of the molecule is CCCCCCCC[C@@H](CC/C=C\C/C=C\CCCC(=O)OC)OC(=O)c1ccccc1. The van der Waals surface area contributed by atoms with E-state index in [-0.39, 0.29) is 18.0 Å². The van der Waals surface area contributed by atoms with Crippen LogP contribution in [0.5, 0.6) is 0 Å². The highest BCUT2D eigenvalue weighted by Gasteiger charge is 2.15. The predicted molar refractivity (Wildman–Crippen MR) is 132 cm³/mol. The van der Waals surface area contributed by atoms with E-state index in [0.717, 1.165) is 44.9 Å². The van der Waals surface area contributed by atoms with Crippen LogP contribution in [0.2, 0.25) is 0 Å². The van der Waals surface area contributed by atoms with Gasteiger partial charge in [-0.1, -0.05) is 81.5 Å². The molecule has 0 N–H and O–H groups in total. The molecule has 0 aliphatic rings. The van der Waals surface area contributed by atoms with Gasteiger partial charge in [0.2, 0.25) is 0 Å². The van der Waals surface area contributed by atoms with Crippen LogP contribution in [0.3, 0.4) is 0 Å². The lowest BCUT2D eigenvalue weighted by molar-refractivity contribution is -0.140. The first-order valence-electron chi connectivity index (χ1n) is 12.3. The lowest BCUT2D eigenvalue weighted by atomic mass is 10.0. The van der Waals surface area contributed by atoms with Crippen molar-refractivity contribution in [2.75, 3.05) is 7.11 Å². The molecule has 0 aliphatic heterocycles. The van der Waals surface area contributed by atoms with Crippen LogP contribution in [0.1, 0.15) is 101 Å². The van der Waals surface area contributed by atoms with Gasteiger partial charge in [0.1, 0.15) is 6.10 Å². The normalized spacial score (nSPS) is 12.3. The van der Waals surface area contributed by atoms with E-state index in [9.17, 15) is 9.59 Å². The molecule has 0 radical (unpaired) electrons. The third kappa shape index (κ3) is 14.6. The minimum absolute atomic E-state index is 0.0348. The lowest BCUT2D eigenvalue weighted by Crippen LogP contribution is -2.18. The number of unbranched alkanes of at least 4 members (excludes halogenated alkanes) is 6. The average Bonchev–Trinajstić information content (AvgIpc) is 2.82. The third-order valence-corrected chi connectivity index (χ3v) is 5.40. The van der Waals surface area contributed by atoms with Crippen LogP contribution in [-0.4, -0.2) is 25.2 Å². The molecule has 0 aliphatic carbocycles. The molecule has 0 spiro atoms. The van der Waals surface area contributed by atoms with Gasteiger partial charge in [0, 0.05) is 6.42 Å². The highest BCUT2D eigenvalue weighted by molar-refractivity contribution is 5.89. The minimum Gasteiger partial charge on any atom is -0.469 e. The molecular weight excluding hydrogens is 400 g/mol. The molecule has 0 aromatic heterocycles. The van der Waals surface area contributed by atoms with E-state index in [2.05, 4.69) is 36.0 Å². The van der Waals surface area contributed by atoms with Gasteiger partial charge in [0.05, 0.1) is 12.7 Å². The Hall–Kier alpha value is -2.36. The van der Waals surface area contributed by atoms with Crippen molar-refractivity contribution in [3.63, 3.8) is 0 Å². The second kappa shape index (κ2) is 19.3. The maximum absolute atomic E-state index is 12.5. The second-order valence-corrected chi connectivity index (χ2v) is 8.17. The minimum atomic E-state index is -0.222. The molecule has 0 heterocycles. The topological polar surface area (TPSA) is 52.6 Å². The summed E-state index contributed by atoms with van der Waals surface area (Å²) in [5.74, 6) is -0.373. The molecule has 0 saturated carbocycles. The molecule has 0 fully saturated rings. The Bertz CT molecular complexity index is 663. The number of rotatable bonds is 18. The van der Waals surface area contributed by atoms with Crippen molar-refractivity contribution in [2.45, 2.75) is 96.5 Å². The van der Waals surface area contributed by atoms with Crippen molar-refractivity contribution in [2.24, 2.45) is 0 Å². The van der Waals surface area contributed by atoms with E-state index in [1.54, 1.807) is 0 Å². The largest absolute Gasteiger partial charge is 0.469 e. The number of ether oxygens (including phenoxy) is 2. The second-order valence-electron chi connectivity index (χ2n) is 8.17. The monoisotopic (exact) mass is 442 g/mol. The molecule has 0 bridgehead atoms. The van der Waals surface area contributed by atoms with Crippen molar-refractivity contribution in [3.8, 4) is 0 Å². The van der Waals surface area contributed by atoms with Gasteiger partial charge in [0.15, 0.2) is 0 Å². The van der Waals surface area contributed by atoms with Gasteiger partial charge >= 0.3 is 11.9 Å². The van der Waals surface area contributed by atoms with E-state index in [1.165, 1.54) is 39.2 Å². The number of esters is 2. The zero-order chi connectivity index (χ0) is 23.3. The molecular formula is C28H42O4. The van der Waals surface area contributed by atoms with Gasteiger partial charge < -0.3 is 9.47 Å². The van der Waals surface area contributed by atoms with Crippen LogP contribution < -0.4 is 0 Å². The van der Waals surface area contributed by atoms with Crippen molar-refractivity contribution in [1.29, 1.82) is 0 Å². The van der Waals surface area contributed by atoms with Gasteiger partial charge in [-0.2, -0.15) is 0 Å². The van der Waals surface area contributed by atoms with Crippen molar-refractivity contribution in [1.82, 2.24) is 0 Å². The summed E-state index contributed by atoms with van der Waals surface area (Å²) in [4.78, 5) is 23.5. The molecule has 1 atom stereocenters. The van der Waals surface area contributed by atoms with E-state index in [4.69, 9.17) is 4.74 Å². The number of hydrogen-bond donors (Lipinski definition) is 0. The Morgan fingerprint density at radius 3 is 2.25 bits per heavy atom. The van der Waals surface area contributed by atoms with Crippen molar-refractivity contribution in [3.05, 3.63) is 60.2 Å².